The number of ether oxygens (including phenoxy) is 2. The highest BCUT2D eigenvalue weighted by Crippen LogP contribution is 2.24. The maximum atomic E-state index is 12.4. The monoisotopic (exact) mass is 489 g/mol. The SMILES string of the molecule is CCNC(=NCc1ccc(C)cc1OCC(F)(F)F)NCCCOC.I. The van der Waals surface area contributed by atoms with Crippen molar-refractivity contribution in [2.75, 3.05) is 33.4 Å². The van der Waals surface area contributed by atoms with E-state index in [4.69, 9.17) is 9.47 Å². The van der Waals surface area contributed by atoms with Gasteiger partial charge in [-0.3, -0.25) is 0 Å². The molecule has 0 radical (unpaired) electrons. The zero-order chi connectivity index (χ0) is 18.7. The molecule has 1 aromatic rings. The maximum Gasteiger partial charge on any atom is 0.422 e. The molecular formula is C17H27F3IN3O2. The van der Waals surface area contributed by atoms with Crippen LogP contribution in [-0.2, 0) is 11.3 Å². The number of rotatable bonds is 9. The molecule has 0 heterocycles. The average Bonchev–Trinajstić information content (AvgIpc) is 2.55. The summed E-state index contributed by atoms with van der Waals surface area (Å²) in [7, 11) is 1.64. The second-order valence-electron chi connectivity index (χ2n) is 5.48. The van der Waals surface area contributed by atoms with Gasteiger partial charge in [0.15, 0.2) is 12.6 Å². The molecule has 26 heavy (non-hydrogen) atoms. The lowest BCUT2D eigenvalue weighted by Gasteiger charge is -2.14. The van der Waals surface area contributed by atoms with Crippen molar-refractivity contribution in [3.05, 3.63) is 29.3 Å². The highest BCUT2D eigenvalue weighted by Gasteiger charge is 2.28. The number of halogens is 4. The van der Waals surface area contributed by atoms with Crippen LogP contribution >= 0.6 is 24.0 Å². The molecule has 1 aromatic carbocycles. The van der Waals surface area contributed by atoms with Crippen molar-refractivity contribution in [3.63, 3.8) is 0 Å². The van der Waals surface area contributed by atoms with Gasteiger partial charge >= 0.3 is 6.18 Å². The highest BCUT2D eigenvalue weighted by molar-refractivity contribution is 14.0. The van der Waals surface area contributed by atoms with Crippen LogP contribution in [0.25, 0.3) is 0 Å². The van der Waals surface area contributed by atoms with E-state index >= 15 is 0 Å². The molecule has 1 rings (SSSR count). The molecule has 0 atom stereocenters. The molecule has 0 fully saturated rings. The Labute approximate surface area is 169 Å². The van der Waals surface area contributed by atoms with E-state index in [0.717, 1.165) is 12.0 Å². The number of nitrogens with one attached hydrogen (secondary N) is 2. The van der Waals surface area contributed by atoms with Crippen LogP contribution < -0.4 is 15.4 Å². The molecule has 0 saturated carbocycles. The van der Waals surface area contributed by atoms with Gasteiger partial charge in [-0.1, -0.05) is 12.1 Å². The molecular weight excluding hydrogens is 462 g/mol. The van der Waals surface area contributed by atoms with Crippen molar-refractivity contribution < 1.29 is 22.6 Å². The van der Waals surface area contributed by atoms with E-state index in [0.29, 0.717) is 31.2 Å². The average molecular weight is 489 g/mol. The number of aryl methyl sites for hydroxylation is 1. The summed E-state index contributed by atoms with van der Waals surface area (Å²) in [6.07, 6.45) is -3.55. The summed E-state index contributed by atoms with van der Waals surface area (Å²) in [5, 5.41) is 6.25. The summed E-state index contributed by atoms with van der Waals surface area (Å²) in [6.45, 7) is 4.65. The van der Waals surface area contributed by atoms with E-state index in [1.54, 1.807) is 26.2 Å². The van der Waals surface area contributed by atoms with Crippen molar-refractivity contribution in [3.8, 4) is 5.75 Å². The topological polar surface area (TPSA) is 54.9 Å². The van der Waals surface area contributed by atoms with Crippen LogP contribution in [0.4, 0.5) is 13.2 Å². The minimum absolute atomic E-state index is 0. The molecule has 0 saturated heterocycles. The summed E-state index contributed by atoms with van der Waals surface area (Å²) in [6, 6.07) is 5.15. The number of nitrogens with zero attached hydrogens (tertiary/aromatic N) is 1. The Morgan fingerprint density at radius 3 is 2.58 bits per heavy atom. The van der Waals surface area contributed by atoms with Gasteiger partial charge in [-0.15, -0.1) is 24.0 Å². The van der Waals surface area contributed by atoms with Crippen molar-refractivity contribution in [2.24, 2.45) is 4.99 Å². The van der Waals surface area contributed by atoms with Gasteiger partial charge in [0, 0.05) is 32.4 Å². The van der Waals surface area contributed by atoms with Gasteiger partial charge in [-0.2, -0.15) is 13.2 Å². The fourth-order valence-corrected chi connectivity index (χ4v) is 2.02. The molecule has 5 nitrogen and oxygen atoms in total. The van der Waals surface area contributed by atoms with Crippen molar-refractivity contribution in [1.82, 2.24) is 10.6 Å². The minimum atomic E-state index is -4.37. The van der Waals surface area contributed by atoms with Crippen LogP contribution in [0.5, 0.6) is 5.75 Å². The van der Waals surface area contributed by atoms with Crippen molar-refractivity contribution in [1.29, 1.82) is 0 Å². The smallest absolute Gasteiger partial charge is 0.422 e. The molecule has 9 heteroatoms. The fourth-order valence-electron chi connectivity index (χ4n) is 2.02. The Morgan fingerprint density at radius 2 is 1.96 bits per heavy atom. The zero-order valence-electron chi connectivity index (χ0n) is 15.3. The second kappa shape index (κ2) is 13.0. The molecule has 0 amide bonds. The largest absolute Gasteiger partial charge is 0.484 e. The predicted octanol–water partition coefficient (Wildman–Crippen LogP) is 3.65. The van der Waals surface area contributed by atoms with Crippen LogP contribution in [0.3, 0.4) is 0 Å². The van der Waals surface area contributed by atoms with Crippen LogP contribution in [0, 0.1) is 6.92 Å². The molecule has 0 aliphatic rings. The van der Waals surface area contributed by atoms with Crippen molar-refractivity contribution >= 4 is 29.9 Å². The number of hydrogen-bond donors (Lipinski definition) is 2. The first kappa shape index (κ1) is 24.8. The van der Waals surface area contributed by atoms with Crippen LogP contribution in [0.1, 0.15) is 24.5 Å². The minimum Gasteiger partial charge on any atom is -0.484 e. The molecule has 0 bridgehead atoms. The van der Waals surface area contributed by atoms with Gasteiger partial charge < -0.3 is 20.1 Å². The Morgan fingerprint density at radius 1 is 1.23 bits per heavy atom. The first-order valence-corrected chi connectivity index (χ1v) is 8.16. The van der Waals surface area contributed by atoms with Gasteiger partial charge in [0.25, 0.3) is 0 Å². The summed E-state index contributed by atoms with van der Waals surface area (Å²) < 4.78 is 47.1. The van der Waals surface area contributed by atoms with Gasteiger partial charge in [0.2, 0.25) is 0 Å². The van der Waals surface area contributed by atoms with E-state index in [1.807, 2.05) is 13.0 Å². The van der Waals surface area contributed by atoms with Gasteiger partial charge in [-0.05, 0) is 31.9 Å². The lowest BCUT2D eigenvalue weighted by atomic mass is 10.1. The third kappa shape index (κ3) is 10.7. The number of guanidine groups is 1. The highest BCUT2D eigenvalue weighted by atomic mass is 127. The van der Waals surface area contributed by atoms with Gasteiger partial charge in [0.1, 0.15) is 5.75 Å². The number of hydrogen-bond acceptors (Lipinski definition) is 3. The van der Waals surface area contributed by atoms with E-state index < -0.39 is 12.8 Å². The number of benzene rings is 1. The van der Waals surface area contributed by atoms with Crippen LogP contribution in [0.2, 0.25) is 0 Å². The Balaban J connectivity index is 0.00000625. The normalized spacial score (nSPS) is 11.7. The second-order valence-corrected chi connectivity index (χ2v) is 5.48. The lowest BCUT2D eigenvalue weighted by Crippen LogP contribution is -2.38. The first-order valence-electron chi connectivity index (χ1n) is 8.16. The van der Waals surface area contributed by atoms with Gasteiger partial charge in [-0.25, -0.2) is 4.99 Å². The molecule has 0 unspecified atom stereocenters. The lowest BCUT2D eigenvalue weighted by molar-refractivity contribution is -0.153. The molecule has 0 aliphatic carbocycles. The predicted molar refractivity (Wildman–Crippen MR) is 107 cm³/mol. The van der Waals surface area contributed by atoms with Crippen molar-refractivity contribution in [2.45, 2.75) is 33.0 Å². The Kier molecular flexibility index (Phi) is 12.4. The Hall–Kier alpha value is -1.23. The first-order chi connectivity index (χ1) is 11.9. The molecule has 2 N–H and O–H groups in total. The summed E-state index contributed by atoms with van der Waals surface area (Å²) >= 11 is 0. The fraction of sp³-hybridized carbons (Fsp3) is 0.588. The third-order valence-corrected chi connectivity index (χ3v) is 3.18. The molecule has 0 aromatic heterocycles. The number of alkyl halides is 3. The van der Waals surface area contributed by atoms with E-state index in [1.165, 1.54) is 0 Å². The quantitative estimate of drug-likeness (QED) is 0.241. The summed E-state index contributed by atoms with van der Waals surface area (Å²) in [5.41, 5.74) is 1.43. The van der Waals surface area contributed by atoms with Crippen LogP contribution in [0.15, 0.2) is 23.2 Å². The zero-order valence-corrected chi connectivity index (χ0v) is 17.6. The third-order valence-electron chi connectivity index (χ3n) is 3.18. The molecule has 0 spiro atoms. The summed E-state index contributed by atoms with van der Waals surface area (Å²) in [4.78, 5) is 4.41. The summed E-state index contributed by atoms with van der Waals surface area (Å²) in [5.74, 6) is 0.803. The standard InChI is InChI=1S/C17H26F3N3O2.HI/c1-4-21-16(22-8-5-9-24-3)23-11-14-7-6-13(2)10-15(14)25-12-17(18,19)20;/h6-7,10H,4-5,8-9,11-12H2,1-3H3,(H2,21,22,23);1H. The van der Waals surface area contributed by atoms with E-state index in [9.17, 15) is 13.2 Å². The number of aliphatic imine (C=N–C) groups is 1. The van der Waals surface area contributed by atoms with E-state index in [2.05, 4.69) is 15.6 Å². The number of methoxy groups -OCH3 is 1. The molecule has 150 valence electrons. The van der Waals surface area contributed by atoms with Crippen LogP contribution in [-0.4, -0.2) is 45.5 Å². The van der Waals surface area contributed by atoms with E-state index in [-0.39, 0.29) is 36.3 Å². The van der Waals surface area contributed by atoms with Gasteiger partial charge in [0.05, 0.1) is 6.54 Å². The molecule has 0 aliphatic heterocycles. The maximum absolute atomic E-state index is 12.4. The Bertz CT molecular complexity index is 555.